The van der Waals surface area contributed by atoms with E-state index in [4.69, 9.17) is 9.47 Å². The lowest BCUT2D eigenvalue weighted by Gasteiger charge is -2.48. The van der Waals surface area contributed by atoms with E-state index in [0.717, 1.165) is 48.6 Å². The van der Waals surface area contributed by atoms with Crippen molar-refractivity contribution in [3.8, 4) is 5.75 Å². The van der Waals surface area contributed by atoms with Crippen molar-refractivity contribution >= 4 is 11.7 Å². The van der Waals surface area contributed by atoms with Crippen molar-refractivity contribution in [2.45, 2.75) is 31.2 Å². The number of ether oxygens (including phenoxy) is 2. The second kappa shape index (κ2) is 5.36. The van der Waals surface area contributed by atoms with E-state index in [1.54, 1.807) is 7.11 Å². The van der Waals surface area contributed by atoms with Gasteiger partial charge in [-0.25, -0.2) is 4.79 Å². The molecule has 0 unspecified atom stereocenters. The van der Waals surface area contributed by atoms with E-state index in [1.165, 1.54) is 18.2 Å². The summed E-state index contributed by atoms with van der Waals surface area (Å²) in [5.74, 6) is 0.770. The van der Waals surface area contributed by atoms with Crippen molar-refractivity contribution in [3.05, 3.63) is 46.7 Å². The van der Waals surface area contributed by atoms with Crippen LogP contribution in [0.3, 0.4) is 0 Å². The molecule has 1 N–H and O–H groups in total. The number of anilines is 1. The number of hydrogen-bond acceptors (Lipinski definition) is 5. The predicted molar refractivity (Wildman–Crippen MR) is 99.2 cm³/mol. The lowest BCUT2D eigenvalue weighted by Crippen LogP contribution is -2.53. The lowest BCUT2D eigenvalue weighted by molar-refractivity contribution is -0.137. The SMILES string of the molecule is C/C=C1\CN2CC[C@@]34C(=C(C(=O)OC)[C@@H]1C[C@@H]23)Nc1c(OC)cccc14. The summed E-state index contributed by atoms with van der Waals surface area (Å²) < 4.78 is 10.8. The monoisotopic (exact) mass is 352 g/mol. The molecule has 0 aromatic heterocycles. The minimum Gasteiger partial charge on any atom is -0.495 e. The zero-order valence-electron chi connectivity index (χ0n) is 15.5. The molecular formula is C21H24N2O3. The first-order chi connectivity index (χ1) is 12.7. The summed E-state index contributed by atoms with van der Waals surface area (Å²) in [7, 11) is 3.18. The van der Waals surface area contributed by atoms with Crippen molar-refractivity contribution in [3.63, 3.8) is 0 Å². The third kappa shape index (κ3) is 1.72. The number of rotatable bonds is 2. The van der Waals surface area contributed by atoms with Gasteiger partial charge in [0.2, 0.25) is 0 Å². The number of para-hydroxylation sites is 1. The molecule has 1 aromatic carbocycles. The Labute approximate surface area is 153 Å². The van der Waals surface area contributed by atoms with Crippen LogP contribution in [0.2, 0.25) is 0 Å². The summed E-state index contributed by atoms with van der Waals surface area (Å²) in [6.45, 7) is 4.07. The standard InChI is InChI=1S/C21H24N2O3/c1-4-12-11-23-9-8-21-14-6-5-7-15(25-2)18(14)22-19(21)17(20(24)26-3)13(12)10-16(21)23/h4-7,13,16,22H,8-11H2,1-3H3/b12-4+/t13-,16-,21+/m1/s1. The number of nitrogens with zero attached hydrogens (tertiary/aromatic N) is 1. The quantitative estimate of drug-likeness (QED) is 0.655. The Morgan fingerprint density at radius 2 is 2.23 bits per heavy atom. The molecule has 0 amide bonds. The van der Waals surface area contributed by atoms with Crippen LogP contribution < -0.4 is 10.1 Å². The Hall–Kier alpha value is -2.27. The number of carbonyl (C=O) groups excluding carboxylic acids is 1. The fourth-order valence-corrected chi connectivity index (χ4v) is 5.82. The molecule has 0 radical (unpaired) electrons. The third-order valence-electron chi connectivity index (χ3n) is 6.91. The molecule has 5 rings (SSSR count). The largest absolute Gasteiger partial charge is 0.495 e. The zero-order valence-corrected chi connectivity index (χ0v) is 15.5. The first-order valence-electron chi connectivity index (χ1n) is 9.32. The molecule has 5 nitrogen and oxygen atoms in total. The topological polar surface area (TPSA) is 50.8 Å². The number of nitrogens with one attached hydrogen (secondary N) is 1. The van der Waals surface area contributed by atoms with E-state index in [1.807, 2.05) is 6.07 Å². The Morgan fingerprint density at radius 1 is 1.38 bits per heavy atom. The molecule has 26 heavy (non-hydrogen) atoms. The number of carbonyl (C=O) groups is 1. The molecule has 2 fully saturated rings. The summed E-state index contributed by atoms with van der Waals surface area (Å²) in [6, 6.07) is 6.65. The molecule has 2 bridgehead atoms. The normalized spacial score (nSPS) is 33.0. The minimum atomic E-state index is -0.207. The molecule has 1 aliphatic carbocycles. The van der Waals surface area contributed by atoms with E-state index in [0.29, 0.717) is 6.04 Å². The van der Waals surface area contributed by atoms with Crippen LogP contribution in [0.25, 0.3) is 0 Å². The first kappa shape index (κ1) is 15.9. The fourth-order valence-electron chi connectivity index (χ4n) is 5.82. The predicted octanol–water partition coefficient (Wildman–Crippen LogP) is 2.84. The van der Waals surface area contributed by atoms with Crippen LogP contribution in [0.4, 0.5) is 5.69 Å². The van der Waals surface area contributed by atoms with Gasteiger partial charge in [-0.05, 0) is 31.4 Å². The van der Waals surface area contributed by atoms with Gasteiger partial charge in [-0.3, -0.25) is 4.90 Å². The van der Waals surface area contributed by atoms with Crippen LogP contribution in [-0.2, 0) is 14.9 Å². The van der Waals surface area contributed by atoms with Crippen LogP contribution in [0.1, 0.15) is 25.3 Å². The van der Waals surface area contributed by atoms with Gasteiger partial charge in [-0.15, -0.1) is 0 Å². The van der Waals surface area contributed by atoms with Crippen LogP contribution in [-0.4, -0.2) is 44.2 Å². The summed E-state index contributed by atoms with van der Waals surface area (Å²) in [4.78, 5) is 15.4. The number of piperidine rings is 1. The van der Waals surface area contributed by atoms with E-state index >= 15 is 0 Å². The molecule has 5 heteroatoms. The molecule has 2 saturated heterocycles. The Balaban J connectivity index is 1.82. The van der Waals surface area contributed by atoms with E-state index in [2.05, 4.69) is 35.3 Å². The van der Waals surface area contributed by atoms with Gasteiger partial charge in [0.15, 0.2) is 0 Å². The Bertz CT molecular complexity index is 872. The first-order valence-corrected chi connectivity index (χ1v) is 9.32. The highest BCUT2D eigenvalue weighted by atomic mass is 16.5. The summed E-state index contributed by atoms with van der Waals surface area (Å²) in [5, 5.41) is 3.61. The molecule has 3 heterocycles. The van der Waals surface area contributed by atoms with Gasteiger partial charge in [0.1, 0.15) is 5.75 Å². The van der Waals surface area contributed by atoms with Gasteiger partial charge in [-0.2, -0.15) is 0 Å². The van der Waals surface area contributed by atoms with Gasteiger partial charge in [0, 0.05) is 30.7 Å². The molecule has 3 aliphatic heterocycles. The Kier molecular flexibility index (Phi) is 3.29. The van der Waals surface area contributed by atoms with Crippen LogP contribution >= 0.6 is 0 Å². The molecule has 136 valence electrons. The fraction of sp³-hybridized carbons (Fsp3) is 0.476. The second-order valence-electron chi connectivity index (χ2n) is 7.65. The van der Waals surface area contributed by atoms with Crippen molar-refractivity contribution in [2.75, 3.05) is 32.6 Å². The average molecular weight is 352 g/mol. The Morgan fingerprint density at radius 3 is 2.96 bits per heavy atom. The molecule has 1 aromatic rings. The number of methoxy groups -OCH3 is 2. The van der Waals surface area contributed by atoms with Gasteiger partial charge in [-0.1, -0.05) is 23.8 Å². The summed E-state index contributed by atoms with van der Waals surface area (Å²) in [6.07, 6.45) is 4.18. The summed E-state index contributed by atoms with van der Waals surface area (Å²) in [5.41, 5.74) is 5.33. The molecule has 0 saturated carbocycles. The van der Waals surface area contributed by atoms with Gasteiger partial charge < -0.3 is 14.8 Å². The van der Waals surface area contributed by atoms with Crippen molar-refractivity contribution in [1.82, 2.24) is 4.90 Å². The van der Waals surface area contributed by atoms with E-state index in [-0.39, 0.29) is 17.3 Å². The van der Waals surface area contributed by atoms with Gasteiger partial charge in [0.05, 0.1) is 30.9 Å². The highest BCUT2D eigenvalue weighted by molar-refractivity contribution is 5.94. The smallest absolute Gasteiger partial charge is 0.336 e. The van der Waals surface area contributed by atoms with Crippen molar-refractivity contribution in [1.29, 1.82) is 0 Å². The van der Waals surface area contributed by atoms with Crippen LogP contribution in [0, 0.1) is 5.92 Å². The number of benzene rings is 1. The molecule has 1 spiro atoms. The number of esters is 1. The molecule has 3 atom stereocenters. The second-order valence-corrected chi connectivity index (χ2v) is 7.65. The van der Waals surface area contributed by atoms with Crippen LogP contribution in [0.5, 0.6) is 5.75 Å². The average Bonchev–Trinajstić information content (AvgIpc) is 3.23. The van der Waals surface area contributed by atoms with Crippen LogP contribution in [0.15, 0.2) is 41.1 Å². The number of fused-ring (bicyclic) bond motifs is 2. The van der Waals surface area contributed by atoms with E-state index < -0.39 is 0 Å². The third-order valence-corrected chi connectivity index (χ3v) is 6.91. The highest BCUT2D eigenvalue weighted by Crippen LogP contribution is 2.62. The number of allylic oxidation sites excluding steroid dienone is 1. The van der Waals surface area contributed by atoms with E-state index in [9.17, 15) is 4.79 Å². The lowest BCUT2D eigenvalue weighted by atomic mass is 9.62. The zero-order chi connectivity index (χ0) is 18.1. The summed E-state index contributed by atoms with van der Waals surface area (Å²) >= 11 is 0. The highest BCUT2D eigenvalue weighted by Gasteiger charge is 2.62. The number of hydrogen-bond donors (Lipinski definition) is 1. The van der Waals surface area contributed by atoms with Crippen molar-refractivity contribution < 1.29 is 14.3 Å². The maximum atomic E-state index is 12.9. The minimum absolute atomic E-state index is 0.141. The maximum Gasteiger partial charge on any atom is 0.336 e. The van der Waals surface area contributed by atoms with Crippen molar-refractivity contribution in [2.24, 2.45) is 5.92 Å². The van der Waals surface area contributed by atoms with Gasteiger partial charge in [0.25, 0.3) is 0 Å². The molecular weight excluding hydrogens is 328 g/mol. The van der Waals surface area contributed by atoms with Gasteiger partial charge >= 0.3 is 5.97 Å². The maximum absolute atomic E-state index is 12.9. The molecule has 4 aliphatic rings.